The zero-order valence-electron chi connectivity index (χ0n) is 11.8. The molecule has 1 atom stereocenters. The minimum atomic E-state index is -0.686. The third-order valence-electron chi connectivity index (χ3n) is 4.17. The molecule has 1 fully saturated rings. The van der Waals surface area contributed by atoms with Gasteiger partial charge in [0.1, 0.15) is 0 Å². The second-order valence-corrected chi connectivity index (χ2v) is 5.49. The third-order valence-corrected chi connectivity index (χ3v) is 4.17. The molecule has 0 aromatic heterocycles. The van der Waals surface area contributed by atoms with Crippen LogP contribution in [-0.2, 0) is 6.54 Å². The molecule has 1 aliphatic rings. The summed E-state index contributed by atoms with van der Waals surface area (Å²) in [5.41, 5.74) is -0.00194. The number of hydrogen-bond donors (Lipinski definition) is 0. The second kappa shape index (κ2) is 6.79. The number of nitro benzene ring substituents is 1. The Hall–Kier alpha value is -1.49. The third kappa shape index (κ3) is 3.54. The Labute approximate surface area is 118 Å². The molecule has 1 heterocycles. The van der Waals surface area contributed by atoms with E-state index in [1.807, 2.05) is 0 Å². The maximum atomic E-state index is 14.1. The van der Waals surface area contributed by atoms with Crippen LogP contribution in [0.4, 0.5) is 10.1 Å². The molecular formula is C15H21FN2O2. The Morgan fingerprint density at radius 1 is 1.40 bits per heavy atom. The molecule has 0 spiro atoms. The van der Waals surface area contributed by atoms with Gasteiger partial charge in [0.2, 0.25) is 5.82 Å². The van der Waals surface area contributed by atoms with Crippen LogP contribution in [-0.4, -0.2) is 22.9 Å². The van der Waals surface area contributed by atoms with Gasteiger partial charge in [-0.25, -0.2) is 0 Å². The van der Waals surface area contributed by atoms with Crippen LogP contribution in [0.2, 0.25) is 0 Å². The molecule has 4 nitrogen and oxygen atoms in total. The highest BCUT2D eigenvalue weighted by Crippen LogP contribution is 2.24. The molecule has 5 heteroatoms. The number of halogens is 1. The molecule has 2 rings (SSSR count). The van der Waals surface area contributed by atoms with Gasteiger partial charge < -0.3 is 0 Å². The summed E-state index contributed by atoms with van der Waals surface area (Å²) in [7, 11) is 0. The van der Waals surface area contributed by atoms with E-state index in [1.165, 1.54) is 18.9 Å². The highest BCUT2D eigenvalue weighted by molar-refractivity contribution is 5.36. The molecule has 20 heavy (non-hydrogen) atoms. The maximum absolute atomic E-state index is 14.1. The Morgan fingerprint density at radius 3 is 2.90 bits per heavy atom. The summed E-state index contributed by atoms with van der Waals surface area (Å²) < 4.78 is 14.1. The van der Waals surface area contributed by atoms with Crippen molar-refractivity contribution in [2.45, 2.75) is 39.2 Å². The standard InChI is InChI=1S/C15H21FN2O2/c1-2-12-5-4-9-17(10-8-12)11-13-6-3-7-14(15(13)16)18(19)20/h3,6-7,12H,2,4-5,8-11H2,1H3. The lowest BCUT2D eigenvalue weighted by molar-refractivity contribution is -0.387. The molecule has 1 aromatic carbocycles. The van der Waals surface area contributed by atoms with Crippen LogP contribution < -0.4 is 0 Å². The predicted molar refractivity (Wildman–Crippen MR) is 76.0 cm³/mol. The topological polar surface area (TPSA) is 46.4 Å². The predicted octanol–water partition coefficient (Wildman–Crippen LogP) is 3.75. The van der Waals surface area contributed by atoms with E-state index in [-0.39, 0.29) is 0 Å². The van der Waals surface area contributed by atoms with E-state index < -0.39 is 16.4 Å². The molecule has 0 N–H and O–H groups in total. The second-order valence-electron chi connectivity index (χ2n) is 5.49. The van der Waals surface area contributed by atoms with E-state index in [0.717, 1.165) is 31.8 Å². The normalized spacial score (nSPS) is 20.6. The molecule has 1 saturated heterocycles. The van der Waals surface area contributed by atoms with Gasteiger partial charge in [0.15, 0.2) is 0 Å². The average molecular weight is 280 g/mol. The largest absolute Gasteiger partial charge is 0.305 e. The van der Waals surface area contributed by atoms with Crippen molar-refractivity contribution in [2.75, 3.05) is 13.1 Å². The van der Waals surface area contributed by atoms with Crippen molar-refractivity contribution in [3.63, 3.8) is 0 Å². The van der Waals surface area contributed by atoms with Crippen LogP contribution in [0.1, 0.15) is 38.2 Å². The Morgan fingerprint density at radius 2 is 2.20 bits per heavy atom. The van der Waals surface area contributed by atoms with E-state index in [0.29, 0.717) is 12.1 Å². The summed E-state index contributed by atoms with van der Waals surface area (Å²) in [5.74, 6) is 0.0729. The molecule has 0 saturated carbocycles. The summed E-state index contributed by atoms with van der Waals surface area (Å²) in [6.45, 7) is 4.56. The SMILES string of the molecule is CCC1CCCN(Cc2cccc([N+](=O)[O-])c2F)CC1. The minimum Gasteiger partial charge on any atom is -0.299 e. The van der Waals surface area contributed by atoms with Gasteiger partial charge in [-0.15, -0.1) is 0 Å². The quantitative estimate of drug-likeness (QED) is 0.623. The van der Waals surface area contributed by atoms with Gasteiger partial charge in [-0.1, -0.05) is 25.5 Å². The fraction of sp³-hybridized carbons (Fsp3) is 0.600. The summed E-state index contributed by atoms with van der Waals surface area (Å²) >= 11 is 0. The number of likely N-dealkylation sites (tertiary alicyclic amines) is 1. The first-order valence-corrected chi connectivity index (χ1v) is 7.26. The van der Waals surface area contributed by atoms with Crippen molar-refractivity contribution >= 4 is 5.69 Å². The van der Waals surface area contributed by atoms with Crippen molar-refractivity contribution < 1.29 is 9.31 Å². The molecule has 1 unspecified atom stereocenters. The van der Waals surface area contributed by atoms with E-state index in [2.05, 4.69) is 11.8 Å². The first-order valence-electron chi connectivity index (χ1n) is 7.26. The van der Waals surface area contributed by atoms with Crippen molar-refractivity contribution in [1.29, 1.82) is 0 Å². The van der Waals surface area contributed by atoms with Crippen molar-refractivity contribution in [2.24, 2.45) is 5.92 Å². The molecular weight excluding hydrogens is 259 g/mol. The fourth-order valence-electron chi connectivity index (χ4n) is 2.86. The van der Waals surface area contributed by atoms with Crippen LogP contribution in [0, 0.1) is 21.8 Å². The number of rotatable bonds is 4. The van der Waals surface area contributed by atoms with Gasteiger partial charge in [0.25, 0.3) is 0 Å². The lowest BCUT2D eigenvalue weighted by atomic mass is 9.98. The number of nitrogens with zero attached hydrogens (tertiary/aromatic N) is 2. The van der Waals surface area contributed by atoms with Crippen LogP contribution in [0.3, 0.4) is 0 Å². The fourth-order valence-corrected chi connectivity index (χ4v) is 2.86. The zero-order chi connectivity index (χ0) is 14.5. The lowest BCUT2D eigenvalue weighted by Gasteiger charge is -2.20. The highest BCUT2D eigenvalue weighted by Gasteiger charge is 2.20. The van der Waals surface area contributed by atoms with Gasteiger partial charge in [0.05, 0.1) is 4.92 Å². The van der Waals surface area contributed by atoms with Gasteiger partial charge >= 0.3 is 5.69 Å². The van der Waals surface area contributed by atoms with E-state index >= 15 is 0 Å². The highest BCUT2D eigenvalue weighted by atomic mass is 19.1. The van der Waals surface area contributed by atoms with Crippen LogP contribution >= 0.6 is 0 Å². The van der Waals surface area contributed by atoms with E-state index in [4.69, 9.17) is 0 Å². The first kappa shape index (κ1) is 14.9. The number of benzene rings is 1. The van der Waals surface area contributed by atoms with Gasteiger partial charge in [-0.3, -0.25) is 15.0 Å². The first-order chi connectivity index (χ1) is 9.61. The molecule has 110 valence electrons. The Balaban J connectivity index is 2.06. The monoisotopic (exact) mass is 280 g/mol. The molecule has 0 radical (unpaired) electrons. The molecule has 1 aromatic rings. The van der Waals surface area contributed by atoms with E-state index in [9.17, 15) is 14.5 Å². The summed E-state index contributed by atoms with van der Waals surface area (Å²) in [6.07, 6.45) is 4.67. The van der Waals surface area contributed by atoms with Gasteiger partial charge in [0, 0.05) is 18.2 Å². The summed E-state index contributed by atoms with van der Waals surface area (Å²) in [6, 6.07) is 4.42. The van der Waals surface area contributed by atoms with E-state index in [1.54, 1.807) is 12.1 Å². The van der Waals surface area contributed by atoms with Crippen molar-refractivity contribution in [3.8, 4) is 0 Å². The average Bonchev–Trinajstić information content (AvgIpc) is 2.66. The molecule has 0 aliphatic carbocycles. The smallest absolute Gasteiger partial charge is 0.299 e. The van der Waals surface area contributed by atoms with Crippen molar-refractivity contribution in [3.05, 3.63) is 39.7 Å². The molecule has 0 amide bonds. The Bertz CT molecular complexity index is 479. The van der Waals surface area contributed by atoms with Crippen LogP contribution in [0.15, 0.2) is 18.2 Å². The number of nitro groups is 1. The number of hydrogen-bond acceptors (Lipinski definition) is 3. The summed E-state index contributed by atoms with van der Waals surface area (Å²) in [5, 5.41) is 10.8. The van der Waals surface area contributed by atoms with Gasteiger partial charge in [-0.05, 0) is 38.3 Å². The maximum Gasteiger partial charge on any atom is 0.305 e. The van der Waals surface area contributed by atoms with Crippen LogP contribution in [0.25, 0.3) is 0 Å². The Kier molecular flexibility index (Phi) is 5.06. The van der Waals surface area contributed by atoms with Gasteiger partial charge in [-0.2, -0.15) is 4.39 Å². The molecule has 0 bridgehead atoms. The van der Waals surface area contributed by atoms with Crippen molar-refractivity contribution in [1.82, 2.24) is 4.90 Å². The van der Waals surface area contributed by atoms with Crippen LogP contribution in [0.5, 0.6) is 0 Å². The zero-order valence-corrected chi connectivity index (χ0v) is 11.8. The summed E-state index contributed by atoms with van der Waals surface area (Å²) in [4.78, 5) is 12.3. The molecule has 1 aliphatic heterocycles. The minimum absolute atomic E-state index is 0.425. The lowest BCUT2D eigenvalue weighted by Crippen LogP contribution is -2.25.